The number of anilines is 3. The van der Waals surface area contributed by atoms with Crippen LogP contribution in [0, 0.1) is 0 Å². The van der Waals surface area contributed by atoms with Crippen molar-refractivity contribution in [3.05, 3.63) is 67.0 Å². The van der Waals surface area contributed by atoms with Crippen LogP contribution < -0.4 is 9.62 Å². The lowest BCUT2D eigenvalue weighted by Crippen LogP contribution is -2.38. The van der Waals surface area contributed by atoms with Crippen LogP contribution in [0.2, 0.25) is 0 Å². The Morgan fingerprint density at radius 1 is 1.03 bits per heavy atom. The van der Waals surface area contributed by atoms with Crippen molar-refractivity contribution < 1.29 is 13.2 Å². The van der Waals surface area contributed by atoms with Crippen molar-refractivity contribution in [2.45, 2.75) is 6.54 Å². The molecule has 12 heteroatoms. The number of hydrogen-bond donors (Lipinski definition) is 1. The van der Waals surface area contributed by atoms with Gasteiger partial charge < -0.3 is 10.1 Å². The minimum absolute atomic E-state index is 0.424. The van der Waals surface area contributed by atoms with Gasteiger partial charge in [0, 0.05) is 43.3 Å². The molecule has 1 aliphatic rings. The number of aromatic nitrogens is 5. The van der Waals surface area contributed by atoms with Crippen LogP contribution in [0.25, 0.3) is 27.7 Å². The summed E-state index contributed by atoms with van der Waals surface area (Å²) < 4.78 is 35.1. The smallest absolute Gasteiger partial charge is 0.245 e. The van der Waals surface area contributed by atoms with Crippen LogP contribution >= 0.6 is 0 Å². The number of hydrogen-bond acceptors (Lipinski definition) is 8. The molecule has 4 heterocycles. The Hall–Kier alpha value is -4.00. The minimum atomic E-state index is -3.44. The first-order chi connectivity index (χ1) is 18.9. The van der Waals surface area contributed by atoms with Gasteiger partial charge in [-0.15, -0.1) is 5.10 Å². The lowest BCUT2D eigenvalue weighted by molar-refractivity contribution is 0.0361. The fourth-order valence-electron chi connectivity index (χ4n) is 4.82. The van der Waals surface area contributed by atoms with Crippen molar-refractivity contribution in [2.24, 2.45) is 0 Å². The number of morpholine rings is 1. The number of ether oxygens (including phenoxy) is 1. The molecule has 1 N–H and O–H groups in total. The molecule has 1 saturated heterocycles. The highest BCUT2D eigenvalue weighted by Crippen LogP contribution is 2.32. The van der Waals surface area contributed by atoms with Gasteiger partial charge in [0.2, 0.25) is 16.0 Å². The molecule has 3 aromatic heterocycles. The summed E-state index contributed by atoms with van der Waals surface area (Å²) in [6.07, 6.45) is 4.82. The van der Waals surface area contributed by atoms with E-state index >= 15 is 0 Å². The summed E-state index contributed by atoms with van der Waals surface area (Å²) in [5, 5.41) is 13.7. The van der Waals surface area contributed by atoms with E-state index in [0.29, 0.717) is 11.6 Å². The van der Waals surface area contributed by atoms with Gasteiger partial charge in [0.15, 0.2) is 0 Å². The first-order valence-corrected chi connectivity index (χ1v) is 14.6. The Bertz CT molecular complexity index is 1740. The van der Waals surface area contributed by atoms with Crippen molar-refractivity contribution in [3.8, 4) is 11.3 Å². The molecular weight excluding hydrogens is 516 g/mol. The molecule has 0 saturated carbocycles. The van der Waals surface area contributed by atoms with Gasteiger partial charge >= 0.3 is 0 Å². The van der Waals surface area contributed by atoms with Gasteiger partial charge in [-0.05, 0) is 36.4 Å². The lowest BCUT2D eigenvalue weighted by Gasteiger charge is -2.26. The third-order valence-electron chi connectivity index (χ3n) is 7.05. The zero-order valence-electron chi connectivity index (χ0n) is 21.9. The normalized spacial score (nSPS) is 14.7. The summed E-state index contributed by atoms with van der Waals surface area (Å²) in [5.74, 6) is 0.424. The lowest BCUT2D eigenvalue weighted by atomic mass is 10.1. The van der Waals surface area contributed by atoms with Gasteiger partial charge in [-0.3, -0.25) is 13.9 Å². The summed E-state index contributed by atoms with van der Waals surface area (Å²) in [5.41, 5.74) is 4.77. The molecule has 0 unspecified atom stereocenters. The first kappa shape index (κ1) is 25.3. The number of para-hydroxylation sites is 1. The minimum Gasteiger partial charge on any atom is -0.379 e. The average Bonchev–Trinajstić information content (AvgIpc) is 3.55. The maximum Gasteiger partial charge on any atom is 0.245 e. The zero-order chi connectivity index (χ0) is 27.0. The van der Waals surface area contributed by atoms with Crippen molar-refractivity contribution in [2.75, 3.05) is 55.8 Å². The van der Waals surface area contributed by atoms with E-state index in [-0.39, 0.29) is 0 Å². The zero-order valence-corrected chi connectivity index (χ0v) is 22.7. The number of fused-ring (bicyclic) bond motifs is 2. The molecule has 1 aliphatic heterocycles. The third-order valence-corrected chi connectivity index (χ3v) is 8.24. The predicted molar refractivity (Wildman–Crippen MR) is 152 cm³/mol. The van der Waals surface area contributed by atoms with E-state index in [0.717, 1.165) is 72.8 Å². The molecule has 5 aromatic rings. The summed E-state index contributed by atoms with van der Waals surface area (Å²) >= 11 is 0. The molecule has 2 aromatic carbocycles. The van der Waals surface area contributed by atoms with Crippen molar-refractivity contribution in [3.63, 3.8) is 0 Å². The van der Waals surface area contributed by atoms with E-state index < -0.39 is 10.0 Å². The summed E-state index contributed by atoms with van der Waals surface area (Å²) in [6, 6.07) is 17.3. The predicted octanol–water partition coefficient (Wildman–Crippen LogP) is 3.22. The largest absolute Gasteiger partial charge is 0.379 e. The maximum absolute atomic E-state index is 12.3. The third kappa shape index (κ3) is 5.18. The second-order valence-electron chi connectivity index (χ2n) is 9.61. The van der Waals surface area contributed by atoms with Crippen LogP contribution in [0.3, 0.4) is 0 Å². The monoisotopic (exact) mass is 546 g/mol. The molecule has 202 valence electrons. The Kier molecular flexibility index (Phi) is 6.67. The fourth-order valence-corrected chi connectivity index (χ4v) is 5.34. The first-order valence-electron chi connectivity index (χ1n) is 12.8. The van der Waals surface area contributed by atoms with E-state index in [1.165, 1.54) is 10.6 Å². The molecule has 6 rings (SSSR count). The molecule has 0 radical (unpaired) electrons. The standard InChI is InChI=1S/C27H30N8O3S/c1-32(39(2,36)37)24-6-4-3-5-23(24)25-10-9-22-19-28-27(31-35(22)25)30-21-8-7-20-18-29-34(26(20)17-21)12-11-33-13-15-38-16-14-33/h3-10,17-19H,11-16H2,1-2H3,(H,30,31). The highest BCUT2D eigenvalue weighted by molar-refractivity contribution is 7.92. The van der Waals surface area contributed by atoms with Gasteiger partial charge in [0.05, 0.1) is 60.8 Å². The van der Waals surface area contributed by atoms with Crippen LogP contribution in [0.4, 0.5) is 17.3 Å². The molecule has 0 amide bonds. The van der Waals surface area contributed by atoms with E-state index in [4.69, 9.17) is 9.84 Å². The molecule has 0 atom stereocenters. The molecule has 39 heavy (non-hydrogen) atoms. The second kappa shape index (κ2) is 10.3. The van der Waals surface area contributed by atoms with Crippen LogP contribution in [0.15, 0.2) is 67.0 Å². The number of sulfonamides is 1. The van der Waals surface area contributed by atoms with Gasteiger partial charge in [-0.1, -0.05) is 18.2 Å². The topological polar surface area (TPSA) is 110 Å². The van der Waals surface area contributed by atoms with Crippen molar-refractivity contribution in [1.82, 2.24) is 29.3 Å². The van der Waals surface area contributed by atoms with Crippen molar-refractivity contribution in [1.29, 1.82) is 0 Å². The van der Waals surface area contributed by atoms with Crippen LogP contribution in [0.5, 0.6) is 0 Å². The van der Waals surface area contributed by atoms with E-state index in [9.17, 15) is 8.42 Å². The number of nitrogens with one attached hydrogen (secondary N) is 1. The Morgan fingerprint density at radius 2 is 1.85 bits per heavy atom. The number of benzene rings is 2. The van der Waals surface area contributed by atoms with Gasteiger partial charge in [0.1, 0.15) is 0 Å². The Morgan fingerprint density at radius 3 is 2.67 bits per heavy atom. The van der Waals surface area contributed by atoms with Crippen LogP contribution in [-0.4, -0.2) is 83.8 Å². The van der Waals surface area contributed by atoms with Gasteiger partial charge in [-0.2, -0.15) is 5.10 Å². The summed E-state index contributed by atoms with van der Waals surface area (Å²) in [6.45, 7) is 5.17. The van der Waals surface area contributed by atoms with Gasteiger partial charge in [0.25, 0.3) is 0 Å². The summed E-state index contributed by atoms with van der Waals surface area (Å²) in [4.78, 5) is 6.89. The SMILES string of the molecule is CN(c1ccccc1-c1ccc2cnc(Nc3ccc4cnn(CCN5CCOCC5)c4c3)nn12)S(C)(=O)=O. The Labute approximate surface area is 226 Å². The van der Waals surface area contributed by atoms with Crippen LogP contribution in [-0.2, 0) is 21.3 Å². The Balaban J connectivity index is 1.28. The molecule has 0 aliphatic carbocycles. The highest BCUT2D eigenvalue weighted by atomic mass is 32.2. The average molecular weight is 547 g/mol. The molecule has 0 spiro atoms. The fraction of sp³-hybridized carbons (Fsp3) is 0.296. The van der Waals surface area contributed by atoms with Crippen LogP contribution in [0.1, 0.15) is 0 Å². The quantitative estimate of drug-likeness (QED) is 0.316. The van der Waals surface area contributed by atoms with Crippen molar-refractivity contribution >= 4 is 43.8 Å². The van der Waals surface area contributed by atoms with Gasteiger partial charge in [-0.25, -0.2) is 17.9 Å². The van der Waals surface area contributed by atoms with E-state index in [1.807, 2.05) is 53.3 Å². The number of rotatable bonds is 8. The molecule has 11 nitrogen and oxygen atoms in total. The highest BCUT2D eigenvalue weighted by Gasteiger charge is 2.19. The van der Waals surface area contributed by atoms with E-state index in [1.54, 1.807) is 23.8 Å². The van der Waals surface area contributed by atoms with E-state index in [2.05, 4.69) is 26.4 Å². The molecule has 1 fully saturated rings. The maximum atomic E-state index is 12.3. The second-order valence-corrected chi connectivity index (χ2v) is 11.6. The number of nitrogens with zero attached hydrogens (tertiary/aromatic N) is 7. The molecule has 0 bridgehead atoms. The molecular formula is C27H30N8O3S. The summed E-state index contributed by atoms with van der Waals surface area (Å²) in [7, 11) is -1.89.